The van der Waals surface area contributed by atoms with Crippen LogP contribution in [0.2, 0.25) is 10.0 Å². The first-order valence-corrected chi connectivity index (χ1v) is 22.2. The van der Waals surface area contributed by atoms with Crippen molar-refractivity contribution in [3.63, 3.8) is 0 Å². The molecule has 2 saturated heterocycles. The lowest BCUT2D eigenvalue weighted by Gasteiger charge is -2.30. The smallest absolute Gasteiger partial charge is 0.246 e. The molecule has 0 atom stereocenters. The van der Waals surface area contributed by atoms with Crippen molar-refractivity contribution >= 4 is 52.2 Å². The van der Waals surface area contributed by atoms with Crippen LogP contribution < -0.4 is 0 Å². The number of aryl methyl sites for hydroxylation is 5. The number of halogens is 2. The van der Waals surface area contributed by atoms with Crippen LogP contribution in [0.1, 0.15) is 88.3 Å². The molecule has 0 bridgehead atoms. The van der Waals surface area contributed by atoms with Crippen molar-refractivity contribution in [2.24, 2.45) is 0 Å². The summed E-state index contributed by atoms with van der Waals surface area (Å²) in [7, 11) is 0. The topological polar surface area (TPSA) is 124 Å². The standard InChI is InChI=1S/C25H25ClN4O.C25H23ClN4O/c2*26-20-5-7-22-19(14-20)4-3-18-2-1-11-28-25(18)24(22)17-9-12-30(13-10-17)23(31)8-6-21-15-27-16-29-21/h1-2,5,7,11,14-16H,3-4,6,8-10,12-13H2,(H,27,29);1-2,5-8,11,14-16H,3-4,9-10,12-13H2,(H,27,29)/b;8-6+. The third-order valence-electron chi connectivity index (χ3n) is 12.5. The molecule has 4 aliphatic rings. The molecule has 62 heavy (non-hydrogen) atoms. The van der Waals surface area contributed by atoms with E-state index >= 15 is 0 Å². The maximum absolute atomic E-state index is 12.7. The summed E-state index contributed by atoms with van der Waals surface area (Å²) in [6.45, 7) is 2.92. The molecule has 6 heterocycles. The first-order valence-electron chi connectivity index (χ1n) is 21.5. The number of H-pyrrole nitrogens is 2. The fourth-order valence-electron chi connectivity index (χ4n) is 9.23. The van der Waals surface area contributed by atoms with Crippen molar-refractivity contribution in [2.45, 2.75) is 64.2 Å². The van der Waals surface area contributed by atoms with Crippen LogP contribution in [0.5, 0.6) is 0 Å². The molecule has 314 valence electrons. The SMILES string of the molecule is O=C(/C=C/c1cnc[nH]1)N1CCC(=C2c3ccc(Cl)cc3CCc3cccnc32)CC1.O=C(CCc1cnc[nH]1)N1CCC(=C2c3ccc(Cl)cc3CCc3cccnc32)CC1. The van der Waals surface area contributed by atoms with E-state index in [1.54, 1.807) is 37.2 Å². The summed E-state index contributed by atoms with van der Waals surface area (Å²) in [5.74, 6) is 0.246. The molecular weight excluding hydrogens is 816 g/mol. The van der Waals surface area contributed by atoms with Crippen molar-refractivity contribution in [2.75, 3.05) is 26.2 Å². The summed E-state index contributed by atoms with van der Waals surface area (Å²) in [5.41, 5.74) is 16.9. The average Bonchev–Trinajstić information content (AvgIpc) is 3.98. The molecule has 0 radical (unpaired) electrons. The van der Waals surface area contributed by atoms with Gasteiger partial charge in [0.25, 0.3) is 0 Å². The van der Waals surface area contributed by atoms with Gasteiger partial charge in [-0.25, -0.2) is 9.97 Å². The summed E-state index contributed by atoms with van der Waals surface area (Å²) in [6.07, 6.45) is 22.4. The Kier molecular flexibility index (Phi) is 12.6. The molecule has 2 aromatic carbocycles. The van der Waals surface area contributed by atoms with Gasteiger partial charge < -0.3 is 19.8 Å². The number of piperidine rings is 2. The molecule has 2 amide bonds. The Bertz CT molecular complexity index is 2660. The van der Waals surface area contributed by atoms with Crippen LogP contribution in [0.3, 0.4) is 0 Å². The Morgan fingerprint density at radius 3 is 1.69 bits per heavy atom. The highest BCUT2D eigenvalue weighted by Crippen LogP contribution is 2.40. The van der Waals surface area contributed by atoms with E-state index in [0.717, 1.165) is 97.3 Å². The number of likely N-dealkylation sites (tertiary alicyclic amines) is 2. The Balaban J connectivity index is 0.000000158. The van der Waals surface area contributed by atoms with Gasteiger partial charge in [-0.3, -0.25) is 19.6 Å². The van der Waals surface area contributed by atoms with Crippen molar-refractivity contribution in [3.8, 4) is 0 Å². The molecule has 2 N–H and O–H groups in total. The highest BCUT2D eigenvalue weighted by molar-refractivity contribution is 6.31. The molecule has 0 unspecified atom stereocenters. The van der Waals surface area contributed by atoms with Crippen molar-refractivity contribution in [1.82, 2.24) is 39.7 Å². The number of hydrogen-bond acceptors (Lipinski definition) is 6. The number of carbonyl (C=O) groups excluding carboxylic acids is 2. The van der Waals surface area contributed by atoms with Crippen LogP contribution in [0, 0.1) is 0 Å². The van der Waals surface area contributed by atoms with Crippen LogP contribution in [0.25, 0.3) is 17.2 Å². The van der Waals surface area contributed by atoms with Crippen LogP contribution in [0.15, 0.2) is 115 Å². The molecule has 2 fully saturated rings. The normalized spacial score (nSPS) is 16.1. The minimum atomic E-state index is 0.0326. The van der Waals surface area contributed by atoms with E-state index in [-0.39, 0.29) is 11.8 Å². The number of amides is 2. The quantitative estimate of drug-likeness (QED) is 0.167. The fraction of sp³-hybridized carbons (Fsp3) is 0.280. The van der Waals surface area contributed by atoms with Crippen LogP contribution in [0.4, 0.5) is 0 Å². The highest BCUT2D eigenvalue weighted by Gasteiger charge is 2.28. The number of hydrogen-bond donors (Lipinski definition) is 2. The van der Waals surface area contributed by atoms with Gasteiger partial charge in [-0.1, -0.05) is 58.6 Å². The first kappa shape index (κ1) is 41.3. The number of nitrogens with one attached hydrogen (secondary N) is 2. The van der Waals surface area contributed by atoms with Gasteiger partial charge in [0.2, 0.25) is 11.8 Å². The number of fused-ring (bicyclic) bond motifs is 4. The zero-order valence-electron chi connectivity index (χ0n) is 34.5. The molecule has 6 aromatic rings. The zero-order valence-corrected chi connectivity index (χ0v) is 36.1. The molecule has 4 aromatic heterocycles. The van der Waals surface area contributed by atoms with Crippen molar-refractivity contribution in [3.05, 3.63) is 182 Å². The second kappa shape index (κ2) is 18.9. The van der Waals surface area contributed by atoms with Crippen LogP contribution in [-0.4, -0.2) is 77.7 Å². The Hall–Kier alpha value is -6.10. The predicted molar refractivity (Wildman–Crippen MR) is 244 cm³/mol. The summed E-state index contributed by atoms with van der Waals surface area (Å²) in [6, 6.07) is 20.8. The number of rotatable bonds is 5. The maximum Gasteiger partial charge on any atom is 0.246 e. The van der Waals surface area contributed by atoms with Gasteiger partial charge in [0.15, 0.2) is 0 Å². The average molecular weight is 864 g/mol. The highest BCUT2D eigenvalue weighted by atomic mass is 35.5. The second-order valence-electron chi connectivity index (χ2n) is 16.2. The fourth-order valence-corrected chi connectivity index (χ4v) is 9.62. The van der Waals surface area contributed by atoms with Gasteiger partial charge in [-0.15, -0.1) is 0 Å². The molecule has 10 nitrogen and oxygen atoms in total. The summed E-state index contributed by atoms with van der Waals surface area (Å²) >= 11 is 12.6. The summed E-state index contributed by atoms with van der Waals surface area (Å²) in [5, 5.41) is 1.55. The minimum Gasteiger partial charge on any atom is -0.348 e. The number of aromatic nitrogens is 6. The van der Waals surface area contributed by atoms with E-state index in [0.29, 0.717) is 25.9 Å². The van der Waals surface area contributed by atoms with Gasteiger partial charge in [0.05, 0.1) is 35.9 Å². The minimum absolute atomic E-state index is 0.0326. The number of nitrogens with zero attached hydrogens (tertiary/aromatic N) is 6. The number of aromatic amines is 2. The zero-order chi connectivity index (χ0) is 42.4. The molecule has 0 spiro atoms. The Morgan fingerprint density at radius 2 is 1.16 bits per heavy atom. The van der Waals surface area contributed by atoms with Crippen LogP contribution >= 0.6 is 23.2 Å². The summed E-state index contributed by atoms with van der Waals surface area (Å²) < 4.78 is 0. The predicted octanol–water partition coefficient (Wildman–Crippen LogP) is 9.31. The molecule has 10 rings (SSSR count). The third-order valence-corrected chi connectivity index (χ3v) is 12.9. The maximum atomic E-state index is 12.7. The molecule has 2 aliphatic carbocycles. The van der Waals surface area contributed by atoms with Gasteiger partial charge in [-0.2, -0.15) is 0 Å². The Morgan fingerprint density at radius 1 is 0.629 bits per heavy atom. The van der Waals surface area contributed by atoms with E-state index in [1.807, 2.05) is 46.5 Å². The van der Waals surface area contributed by atoms with Gasteiger partial charge in [0, 0.05) is 84.2 Å². The largest absolute Gasteiger partial charge is 0.348 e. The molecule has 0 saturated carbocycles. The van der Waals surface area contributed by atoms with Crippen LogP contribution in [-0.2, 0) is 41.7 Å². The second-order valence-corrected chi connectivity index (χ2v) is 17.1. The number of pyridine rings is 2. The van der Waals surface area contributed by atoms with E-state index in [9.17, 15) is 9.59 Å². The number of carbonyl (C=O) groups is 2. The molecular formula is C50H48Cl2N8O2. The summed E-state index contributed by atoms with van der Waals surface area (Å²) in [4.78, 5) is 52.9. The van der Waals surface area contributed by atoms with E-state index in [2.05, 4.69) is 56.3 Å². The van der Waals surface area contributed by atoms with E-state index in [1.165, 1.54) is 55.7 Å². The molecule has 12 heteroatoms. The van der Waals surface area contributed by atoms with Crippen molar-refractivity contribution in [1.29, 1.82) is 0 Å². The van der Waals surface area contributed by atoms with Gasteiger partial charge >= 0.3 is 0 Å². The third kappa shape index (κ3) is 9.22. The first-order chi connectivity index (χ1) is 30.4. The lowest BCUT2D eigenvalue weighted by molar-refractivity contribution is -0.131. The number of imidazole rings is 2. The monoisotopic (exact) mass is 862 g/mol. The number of benzene rings is 2. The van der Waals surface area contributed by atoms with Crippen molar-refractivity contribution < 1.29 is 9.59 Å². The van der Waals surface area contributed by atoms with Gasteiger partial charge in [0.1, 0.15) is 0 Å². The lowest BCUT2D eigenvalue weighted by Crippen LogP contribution is -2.36. The molecule has 2 aliphatic heterocycles. The van der Waals surface area contributed by atoms with E-state index in [4.69, 9.17) is 33.2 Å². The lowest BCUT2D eigenvalue weighted by atomic mass is 9.88. The van der Waals surface area contributed by atoms with E-state index < -0.39 is 0 Å². The Labute approximate surface area is 371 Å². The van der Waals surface area contributed by atoms with Gasteiger partial charge in [-0.05, 0) is 134 Å².